The largest absolute Gasteiger partial charge is 0.477 e. The van der Waals surface area contributed by atoms with Gasteiger partial charge in [-0.2, -0.15) is 0 Å². The van der Waals surface area contributed by atoms with Crippen molar-refractivity contribution in [3.05, 3.63) is 45.1 Å². The van der Waals surface area contributed by atoms with Gasteiger partial charge in [-0.3, -0.25) is 9.24 Å². The van der Waals surface area contributed by atoms with Crippen LogP contribution in [0.1, 0.15) is 59.3 Å². The van der Waals surface area contributed by atoms with Crippen LogP contribution in [0.3, 0.4) is 0 Å². The van der Waals surface area contributed by atoms with E-state index in [1.54, 1.807) is 4.67 Å². The van der Waals surface area contributed by atoms with E-state index in [0.29, 0.717) is 30.8 Å². The molecule has 2 aromatic rings. The summed E-state index contributed by atoms with van der Waals surface area (Å²) in [6.45, 7) is 11.8. The predicted molar refractivity (Wildman–Crippen MR) is 131 cm³/mol. The van der Waals surface area contributed by atoms with E-state index in [1.807, 2.05) is 38.1 Å². The Labute approximate surface area is 195 Å². The van der Waals surface area contributed by atoms with E-state index in [9.17, 15) is 14.5 Å². The summed E-state index contributed by atoms with van der Waals surface area (Å²) in [4.78, 5) is 13.4. The lowest BCUT2D eigenvalue weighted by Gasteiger charge is -2.36. The van der Waals surface area contributed by atoms with E-state index in [0.717, 1.165) is 28.8 Å². The number of hydrogen-bond acceptors (Lipinski definition) is 5. The van der Waals surface area contributed by atoms with Gasteiger partial charge in [0.1, 0.15) is 4.88 Å². The molecule has 1 fully saturated rings. The van der Waals surface area contributed by atoms with Crippen LogP contribution in [0.25, 0.3) is 0 Å². The number of carbonyl (C=O) groups is 1. The van der Waals surface area contributed by atoms with E-state index in [2.05, 4.69) is 20.8 Å². The Morgan fingerprint density at radius 2 is 1.91 bits per heavy atom. The fraction of sp³-hybridized carbons (Fsp3) is 0.542. The molecular formula is C24H34NO5PS. The first-order valence-electron chi connectivity index (χ1n) is 10.9. The second-order valence-electron chi connectivity index (χ2n) is 9.51. The van der Waals surface area contributed by atoms with Gasteiger partial charge >= 0.3 is 13.5 Å². The molecule has 2 heterocycles. The molecule has 32 heavy (non-hydrogen) atoms. The molecule has 0 saturated carbocycles. The average Bonchev–Trinajstić information content (AvgIpc) is 3.18. The summed E-state index contributed by atoms with van der Waals surface area (Å²) >= 11 is 1.25. The molecule has 1 aromatic heterocycles. The SMILES string of the molecule is COP(=O)(c1ccc(C)cc1C)N(CC1CCOCC1)c1cc(C(C)(C)C)sc1C(=O)O. The van der Waals surface area contributed by atoms with E-state index in [4.69, 9.17) is 9.26 Å². The lowest BCUT2D eigenvalue weighted by Crippen LogP contribution is -2.35. The van der Waals surface area contributed by atoms with Crippen LogP contribution >= 0.6 is 18.9 Å². The molecule has 6 nitrogen and oxygen atoms in total. The first-order chi connectivity index (χ1) is 15.0. The van der Waals surface area contributed by atoms with E-state index < -0.39 is 13.5 Å². The molecule has 0 aliphatic carbocycles. The molecule has 8 heteroatoms. The van der Waals surface area contributed by atoms with Gasteiger partial charge in [-0.05, 0) is 55.7 Å². The maximum Gasteiger partial charge on any atom is 0.348 e. The zero-order chi connectivity index (χ0) is 23.7. The molecule has 1 aliphatic rings. The van der Waals surface area contributed by atoms with Gasteiger partial charge in [-0.25, -0.2) is 4.79 Å². The lowest BCUT2D eigenvalue weighted by atomic mass is 9.94. The summed E-state index contributed by atoms with van der Waals surface area (Å²) in [5.41, 5.74) is 2.19. The van der Waals surface area contributed by atoms with Gasteiger partial charge in [0.2, 0.25) is 0 Å². The van der Waals surface area contributed by atoms with Crippen LogP contribution in [-0.2, 0) is 19.2 Å². The molecular weight excluding hydrogens is 445 g/mol. The number of ether oxygens (including phenoxy) is 1. The van der Waals surface area contributed by atoms with Crippen molar-refractivity contribution in [3.8, 4) is 0 Å². The normalized spacial score (nSPS) is 17.2. The van der Waals surface area contributed by atoms with Crippen molar-refractivity contribution in [3.63, 3.8) is 0 Å². The maximum atomic E-state index is 14.6. The molecule has 0 radical (unpaired) electrons. The van der Waals surface area contributed by atoms with Crippen molar-refractivity contribution in [1.82, 2.24) is 0 Å². The summed E-state index contributed by atoms with van der Waals surface area (Å²) in [6, 6.07) is 7.65. The first-order valence-corrected chi connectivity index (χ1v) is 13.3. The second-order valence-corrected chi connectivity index (χ2v) is 12.9. The third-order valence-corrected chi connectivity index (χ3v) is 10.1. The summed E-state index contributed by atoms with van der Waals surface area (Å²) in [7, 11) is -2.13. The number of nitrogens with zero attached hydrogens (tertiary/aromatic N) is 1. The molecule has 0 spiro atoms. The van der Waals surface area contributed by atoms with Gasteiger partial charge in [0.25, 0.3) is 0 Å². The number of hydrogen-bond donors (Lipinski definition) is 1. The highest BCUT2D eigenvalue weighted by Gasteiger charge is 2.40. The van der Waals surface area contributed by atoms with Gasteiger partial charge < -0.3 is 14.4 Å². The third kappa shape index (κ3) is 5.12. The standard InChI is InChI=1S/C24H34NO5PS/c1-16-7-8-20(17(2)13-16)31(28,29-6)25(15-18-9-11-30-12-10-18)19-14-21(24(3,4)5)32-22(19)23(26)27/h7-8,13-14,18H,9-12,15H2,1-6H3,(H,26,27). The number of carboxylic acids is 1. The molecule has 0 amide bonds. The number of aromatic carboxylic acids is 1. The number of thiophene rings is 1. The van der Waals surface area contributed by atoms with Crippen molar-refractivity contribution in [2.45, 2.75) is 52.9 Å². The van der Waals surface area contributed by atoms with Crippen LogP contribution in [0, 0.1) is 19.8 Å². The summed E-state index contributed by atoms with van der Waals surface area (Å²) in [6.07, 6.45) is 1.68. The van der Waals surface area contributed by atoms with Crippen molar-refractivity contribution < 1.29 is 23.7 Å². The second kappa shape index (κ2) is 9.68. The number of benzene rings is 1. The molecule has 0 bridgehead atoms. The smallest absolute Gasteiger partial charge is 0.348 e. The minimum atomic E-state index is -3.58. The zero-order valence-corrected chi connectivity index (χ0v) is 21.5. The van der Waals surface area contributed by atoms with E-state index in [-0.39, 0.29) is 16.2 Å². The van der Waals surface area contributed by atoms with Crippen LogP contribution in [0.2, 0.25) is 0 Å². The quantitative estimate of drug-likeness (QED) is 0.509. The molecule has 1 atom stereocenters. The summed E-state index contributed by atoms with van der Waals surface area (Å²) < 4.78 is 27.7. The Morgan fingerprint density at radius 1 is 1.25 bits per heavy atom. The van der Waals surface area contributed by atoms with Gasteiger partial charge in [0.05, 0.1) is 11.0 Å². The highest BCUT2D eigenvalue weighted by Crippen LogP contribution is 2.55. The fourth-order valence-corrected chi connectivity index (χ4v) is 7.51. The van der Waals surface area contributed by atoms with Crippen molar-refractivity contribution >= 4 is 35.8 Å². The number of aryl methyl sites for hydroxylation is 2. The van der Waals surface area contributed by atoms with Crippen molar-refractivity contribution in [1.29, 1.82) is 0 Å². The molecule has 1 N–H and O–H groups in total. The Hall–Kier alpha value is -1.66. The fourth-order valence-electron chi connectivity index (χ4n) is 4.07. The van der Waals surface area contributed by atoms with E-state index in [1.165, 1.54) is 18.4 Å². The molecule has 176 valence electrons. The number of carboxylic acid groups (broad SMARTS) is 1. The van der Waals surface area contributed by atoms with Gasteiger partial charge in [0, 0.05) is 31.7 Å². The molecule has 1 unspecified atom stereocenters. The first kappa shape index (κ1) is 25.0. The summed E-state index contributed by atoms with van der Waals surface area (Å²) in [5.74, 6) is -0.779. The van der Waals surface area contributed by atoms with Crippen LogP contribution in [0.5, 0.6) is 0 Å². The van der Waals surface area contributed by atoms with Gasteiger partial charge in [0.15, 0.2) is 0 Å². The van der Waals surface area contributed by atoms with Crippen LogP contribution in [-0.4, -0.2) is 37.9 Å². The molecule has 3 rings (SSSR count). The Bertz CT molecular complexity index is 1020. The van der Waals surface area contributed by atoms with Gasteiger partial charge in [-0.15, -0.1) is 11.3 Å². The highest BCUT2D eigenvalue weighted by atomic mass is 32.1. The molecule has 1 aliphatic heterocycles. The van der Waals surface area contributed by atoms with Crippen molar-refractivity contribution in [2.75, 3.05) is 31.5 Å². The minimum Gasteiger partial charge on any atom is -0.477 e. The average molecular weight is 480 g/mol. The molecule has 1 saturated heterocycles. The Balaban J connectivity index is 2.21. The number of anilines is 1. The topological polar surface area (TPSA) is 76.1 Å². The lowest BCUT2D eigenvalue weighted by molar-refractivity contribution is 0.0683. The van der Waals surface area contributed by atoms with E-state index >= 15 is 0 Å². The predicted octanol–water partition coefficient (Wildman–Crippen LogP) is 5.76. The summed E-state index contributed by atoms with van der Waals surface area (Å²) in [5, 5.41) is 10.6. The van der Waals surface area contributed by atoms with Crippen molar-refractivity contribution in [2.24, 2.45) is 5.92 Å². The zero-order valence-electron chi connectivity index (χ0n) is 19.8. The van der Waals surface area contributed by atoms with Crippen LogP contribution in [0.15, 0.2) is 24.3 Å². The Morgan fingerprint density at radius 3 is 2.44 bits per heavy atom. The van der Waals surface area contributed by atoms with Gasteiger partial charge in [-0.1, -0.05) is 38.5 Å². The number of rotatable bonds is 7. The highest BCUT2D eigenvalue weighted by molar-refractivity contribution is 7.68. The maximum absolute atomic E-state index is 14.6. The third-order valence-electron chi connectivity index (χ3n) is 5.92. The monoisotopic (exact) mass is 479 g/mol. The minimum absolute atomic E-state index is 0.198. The Kier molecular flexibility index (Phi) is 7.55. The van der Waals surface area contributed by atoms with Crippen LogP contribution in [0.4, 0.5) is 5.69 Å². The van der Waals surface area contributed by atoms with Crippen LogP contribution < -0.4 is 9.97 Å². The molecule has 1 aromatic carbocycles.